The van der Waals surface area contributed by atoms with Gasteiger partial charge in [0.25, 0.3) is 0 Å². The first kappa shape index (κ1) is 23.5. The van der Waals surface area contributed by atoms with Crippen molar-refractivity contribution in [2.24, 2.45) is 0 Å². The predicted octanol–water partition coefficient (Wildman–Crippen LogP) is 1.58. The van der Waals surface area contributed by atoms with Gasteiger partial charge in [-0.3, -0.25) is 0 Å². The molecule has 0 bridgehead atoms. The summed E-state index contributed by atoms with van der Waals surface area (Å²) in [6.07, 6.45) is 34.0. The second kappa shape index (κ2) is 9.99. The molecular weight excluding hydrogens is 486 g/mol. The van der Waals surface area contributed by atoms with E-state index in [1.165, 1.54) is 6.42 Å². The third-order valence-corrected chi connectivity index (χ3v) is 16.1. The zero-order valence-corrected chi connectivity index (χ0v) is 21.5. The van der Waals surface area contributed by atoms with Gasteiger partial charge in [-0.2, -0.15) is 0 Å². The van der Waals surface area contributed by atoms with E-state index in [9.17, 15) is 0 Å². The zero-order chi connectivity index (χ0) is 19.1. The largest absolute Gasteiger partial charge is 1.00 e. The fourth-order valence-electron chi connectivity index (χ4n) is 5.39. The normalized spacial score (nSPS) is 25.7. The summed E-state index contributed by atoms with van der Waals surface area (Å²) in [5.41, 5.74) is 9.60. The van der Waals surface area contributed by atoms with Crippen LogP contribution in [-0.4, -0.2) is 0 Å². The standard InChI is InChI=1S/2C11H11.C5H5.2ClH.Zr/c2*1-9-7-10-5-3-2-4-6-11(10)8-9;1-2-4-5-3-1;;;/h2*2-5,7-8H,6H2,1H3;1-3H,4H2;2*1H;/q;;;;;+2/p-2. The molecule has 0 N–H and O–H groups in total. The topological polar surface area (TPSA) is 0 Å². The van der Waals surface area contributed by atoms with Gasteiger partial charge in [0.15, 0.2) is 0 Å². The van der Waals surface area contributed by atoms with Crippen molar-refractivity contribution in [2.45, 2.75) is 40.4 Å². The average molecular weight is 514 g/mol. The van der Waals surface area contributed by atoms with Gasteiger partial charge in [-0.1, -0.05) is 0 Å². The molecule has 2 atom stereocenters. The summed E-state index contributed by atoms with van der Waals surface area (Å²) in [6, 6.07) is 0. The molecule has 5 rings (SSSR count). The van der Waals surface area contributed by atoms with Crippen molar-refractivity contribution in [3.8, 4) is 0 Å². The minimum absolute atomic E-state index is 0. The van der Waals surface area contributed by atoms with Crippen LogP contribution in [-0.2, 0) is 21.8 Å². The van der Waals surface area contributed by atoms with Crippen molar-refractivity contribution in [2.75, 3.05) is 0 Å². The van der Waals surface area contributed by atoms with Gasteiger partial charge < -0.3 is 24.8 Å². The van der Waals surface area contributed by atoms with E-state index in [-0.39, 0.29) is 24.8 Å². The van der Waals surface area contributed by atoms with Crippen LogP contribution in [0.3, 0.4) is 0 Å². The maximum atomic E-state index is 2.51. The van der Waals surface area contributed by atoms with Crippen molar-refractivity contribution in [1.29, 1.82) is 0 Å². The molecule has 0 heterocycles. The summed E-state index contributed by atoms with van der Waals surface area (Å²) in [5, 5.41) is 0. The zero-order valence-electron chi connectivity index (χ0n) is 17.5. The van der Waals surface area contributed by atoms with Crippen LogP contribution in [0, 0.1) is 0 Å². The Morgan fingerprint density at radius 3 is 1.63 bits per heavy atom. The number of hydrogen-bond donors (Lipinski definition) is 0. The third-order valence-electron chi connectivity index (χ3n) is 6.56. The molecule has 0 radical (unpaired) electrons. The molecule has 0 nitrogen and oxygen atoms in total. The Balaban J connectivity index is 0.00000128. The van der Waals surface area contributed by atoms with Crippen LogP contribution in [0.15, 0.2) is 116 Å². The second-order valence-electron chi connectivity index (χ2n) is 8.37. The van der Waals surface area contributed by atoms with Gasteiger partial charge in [-0.25, -0.2) is 0 Å². The van der Waals surface area contributed by atoms with E-state index in [1.807, 2.05) is 0 Å². The molecule has 0 aliphatic heterocycles. The Hall–Kier alpha value is -1.14. The fourth-order valence-corrected chi connectivity index (χ4v) is 15.5. The van der Waals surface area contributed by atoms with E-state index in [0.29, 0.717) is 7.25 Å². The van der Waals surface area contributed by atoms with Crippen molar-refractivity contribution >= 4 is 0 Å². The SMILES string of the molecule is CC1=CC2=C(C=CC=CC2)[CH]1[Zr+2]([C]1=CC=CC1)[CH]1C(C)=CC2=C1C=CC=CC2.[Cl-].[Cl-]. The number of halogens is 2. The molecule has 0 aromatic carbocycles. The van der Waals surface area contributed by atoms with Gasteiger partial charge in [0.05, 0.1) is 0 Å². The first-order valence-electron chi connectivity index (χ1n) is 10.5. The first-order chi connectivity index (χ1) is 13.7. The Kier molecular flexibility index (Phi) is 7.83. The maximum absolute atomic E-state index is 2.51. The molecular formula is C27H27Cl2Zr. The van der Waals surface area contributed by atoms with E-state index >= 15 is 0 Å². The Morgan fingerprint density at radius 2 is 1.17 bits per heavy atom. The molecule has 5 aliphatic carbocycles. The summed E-state index contributed by atoms with van der Waals surface area (Å²) in [6.45, 7) is 4.79. The smallest absolute Gasteiger partial charge is 1.00 e. The van der Waals surface area contributed by atoms with Crippen LogP contribution in [0.2, 0.25) is 7.25 Å². The van der Waals surface area contributed by atoms with E-state index in [4.69, 9.17) is 0 Å². The quantitative estimate of drug-likeness (QED) is 0.538. The molecule has 0 aromatic heterocycles. The Morgan fingerprint density at radius 1 is 0.667 bits per heavy atom. The number of hydrogen-bond acceptors (Lipinski definition) is 0. The molecule has 0 saturated heterocycles. The van der Waals surface area contributed by atoms with Crippen molar-refractivity contribution in [1.82, 2.24) is 0 Å². The van der Waals surface area contributed by atoms with Gasteiger partial charge in [-0.05, 0) is 0 Å². The van der Waals surface area contributed by atoms with Crippen LogP contribution >= 0.6 is 0 Å². The molecule has 5 aliphatic rings. The summed E-state index contributed by atoms with van der Waals surface area (Å²) in [4.78, 5) is 0. The number of allylic oxidation sites excluding steroid dienone is 20. The summed E-state index contributed by atoms with van der Waals surface area (Å²) in [7, 11) is 0. The van der Waals surface area contributed by atoms with Gasteiger partial charge in [0, 0.05) is 0 Å². The van der Waals surface area contributed by atoms with Crippen LogP contribution in [0.1, 0.15) is 33.1 Å². The van der Waals surface area contributed by atoms with Gasteiger partial charge in [0.1, 0.15) is 0 Å². The Labute approximate surface area is 201 Å². The molecule has 0 fully saturated rings. The van der Waals surface area contributed by atoms with Gasteiger partial charge >= 0.3 is 178 Å². The molecule has 0 saturated carbocycles. The average Bonchev–Trinajstić information content (AvgIpc) is 3.28. The second-order valence-corrected chi connectivity index (χ2v) is 15.0. The molecule has 0 amide bonds. The van der Waals surface area contributed by atoms with Gasteiger partial charge in [0.2, 0.25) is 0 Å². The molecule has 0 aromatic rings. The predicted molar refractivity (Wildman–Crippen MR) is 117 cm³/mol. The summed E-state index contributed by atoms with van der Waals surface area (Å²) < 4.78 is 3.13. The van der Waals surface area contributed by atoms with Crippen molar-refractivity contribution in [3.63, 3.8) is 0 Å². The monoisotopic (exact) mass is 511 g/mol. The summed E-state index contributed by atoms with van der Waals surface area (Å²) in [5.74, 6) is 0. The van der Waals surface area contributed by atoms with E-state index in [1.54, 1.807) is 36.7 Å². The molecule has 30 heavy (non-hydrogen) atoms. The number of rotatable bonds is 3. The van der Waals surface area contributed by atoms with E-state index in [0.717, 1.165) is 12.8 Å². The van der Waals surface area contributed by atoms with Crippen LogP contribution in [0.5, 0.6) is 0 Å². The molecule has 3 heteroatoms. The molecule has 0 spiro atoms. The minimum Gasteiger partial charge on any atom is -1.00 e. The van der Waals surface area contributed by atoms with E-state index < -0.39 is 21.8 Å². The third kappa shape index (κ3) is 4.14. The van der Waals surface area contributed by atoms with Crippen LogP contribution in [0.4, 0.5) is 0 Å². The van der Waals surface area contributed by atoms with Crippen molar-refractivity contribution in [3.05, 3.63) is 116 Å². The molecule has 153 valence electrons. The first-order valence-corrected chi connectivity index (χ1v) is 14.5. The van der Waals surface area contributed by atoms with E-state index in [2.05, 4.69) is 92.8 Å². The Bertz CT molecular complexity index is 953. The van der Waals surface area contributed by atoms with Gasteiger partial charge in [-0.15, -0.1) is 0 Å². The molecule has 2 unspecified atom stereocenters. The minimum atomic E-state index is -2.11. The van der Waals surface area contributed by atoms with Crippen molar-refractivity contribution < 1.29 is 46.6 Å². The van der Waals surface area contributed by atoms with Crippen LogP contribution < -0.4 is 24.8 Å². The fraction of sp³-hybridized carbons (Fsp3) is 0.259. The summed E-state index contributed by atoms with van der Waals surface area (Å²) >= 11 is -2.11. The maximum Gasteiger partial charge on any atom is -1.00 e. The van der Waals surface area contributed by atoms with Crippen LogP contribution in [0.25, 0.3) is 0 Å².